The van der Waals surface area contributed by atoms with E-state index < -0.39 is 28.5 Å². The van der Waals surface area contributed by atoms with Crippen LogP contribution in [0.25, 0.3) is 0 Å². The molecule has 0 aliphatic rings. The fourth-order valence-corrected chi connectivity index (χ4v) is 6.05. The summed E-state index contributed by atoms with van der Waals surface area (Å²) in [4.78, 5) is 28.9. The van der Waals surface area contributed by atoms with Gasteiger partial charge in [0, 0.05) is 17.6 Å². The predicted molar refractivity (Wildman–Crippen MR) is 163 cm³/mol. The monoisotopic (exact) mass is 599 g/mol. The van der Waals surface area contributed by atoms with E-state index >= 15 is 0 Å². The van der Waals surface area contributed by atoms with E-state index in [1.54, 1.807) is 31.2 Å². The molecule has 0 aliphatic carbocycles. The number of halogens is 1. The van der Waals surface area contributed by atoms with Gasteiger partial charge in [-0.05, 0) is 76.1 Å². The minimum atomic E-state index is -4.24. The summed E-state index contributed by atoms with van der Waals surface area (Å²) >= 11 is 6.03. The van der Waals surface area contributed by atoms with Crippen LogP contribution in [0.2, 0.25) is 5.02 Å². The van der Waals surface area contributed by atoms with Crippen LogP contribution in [0.1, 0.15) is 45.2 Å². The number of amides is 2. The van der Waals surface area contributed by atoms with Gasteiger partial charge in [-0.3, -0.25) is 13.9 Å². The third kappa shape index (κ3) is 8.24. The number of sulfonamides is 1. The quantitative estimate of drug-likeness (QED) is 0.277. The molecule has 1 atom stereocenters. The van der Waals surface area contributed by atoms with Crippen molar-refractivity contribution in [2.75, 3.05) is 17.5 Å². The van der Waals surface area contributed by atoms with Crippen molar-refractivity contribution in [3.05, 3.63) is 88.9 Å². The topological polar surface area (TPSA) is 96.0 Å². The van der Waals surface area contributed by atoms with Crippen molar-refractivity contribution in [2.24, 2.45) is 0 Å². The van der Waals surface area contributed by atoms with Crippen LogP contribution in [0, 0.1) is 6.92 Å². The number of nitrogens with one attached hydrogen (secondary N) is 1. The second-order valence-corrected chi connectivity index (χ2v) is 12.3. The highest BCUT2D eigenvalue weighted by Gasteiger charge is 2.34. The van der Waals surface area contributed by atoms with Gasteiger partial charge < -0.3 is 15.0 Å². The normalized spacial score (nSPS) is 12.1. The van der Waals surface area contributed by atoms with Crippen molar-refractivity contribution < 1.29 is 22.7 Å². The lowest BCUT2D eigenvalue weighted by molar-refractivity contribution is -0.140. The van der Waals surface area contributed by atoms with Gasteiger partial charge in [-0.2, -0.15) is 0 Å². The van der Waals surface area contributed by atoms with Gasteiger partial charge in [0.25, 0.3) is 10.0 Å². The van der Waals surface area contributed by atoms with Gasteiger partial charge in [0.2, 0.25) is 11.8 Å². The molecular weight excluding hydrogens is 562 g/mol. The molecule has 0 spiro atoms. The Labute approximate surface area is 248 Å². The summed E-state index contributed by atoms with van der Waals surface area (Å²) in [6.45, 7) is 9.15. The number of aryl methyl sites for hydroxylation is 1. The number of para-hydroxylation sites is 2. The number of carbonyl (C=O) groups excluding carboxylic acids is 2. The first-order valence-electron chi connectivity index (χ1n) is 13.6. The zero-order valence-electron chi connectivity index (χ0n) is 24.1. The second kappa shape index (κ2) is 14.4. The maximum Gasteiger partial charge on any atom is 0.264 e. The molecule has 3 rings (SSSR count). The number of nitrogens with zero attached hydrogens (tertiary/aromatic N) is 2. The van der Waals surface area contributed by atoms with E-state index in [9.17, 15) is 18.0 Å². The number of hydrogen-bond acceptors (Lipinski definition) is 5. The van der Waals surface area contributed by atoms with Crippen LogP contribution >= 0.6 is 11.6 Å². The van der Waals surface area contributed by atoms with E-state index in [-0.39, 0.29) is 29.1 Å². The van der Waals surface area contributed by atoms with E-state index in [0.29, 0.717) is 23.8 Å². The maximum absolute atomic E-state index is 14.2. The van der Waals surface area contributed by atoms with Crippen LogP contribution in [-0.4, -0.2) is 50.4 Å². The lowest BCUT2D eigenvalue weighted by Crippen LogP contribution is -2.53. The molecule has 0 bridgehead atoms. The average molecular weight is 600 g/mol. The lowest BCUT2D eigenvalue weighted by Gasteiger charge is -2.34. The van der Waals surface area contributed by atoms with Crippen LogP contribution < -0.4 is 14.4 Å². The molecule has 2 amide bonds. The van der Waals surface area contributed by atoms with E-state index in [1.807, 2.05) is 52.0 Å². The van der Waals surface area contributed by atoms with Gasteiger partial charge >= 0.3 is 0 Å². The summed E-state index contributed by atoms with van der Waals surface area (Å²) in [5.74, 6) is -0.512. The first-order valence-corrected chi connectivity index (χ1v) is 15.4. The van der Waals surface area contributed by atoms with Crippen LogP contribution in [0.4, 0.5) is 5.69 Å². The van der Waals surface area contributed by atoms with Crippen molar-refractivity contribution >= 4 is 39.1 Å². The van der Waals surface area contributed by atoms with Gasteiger partial charge in [0.15, 0.2) is 0 Å². The van der Waals surface area contributed by atoms with Crippen molar-refractivity contribution in [1.29, 1.82) is 0 Å². The zero-order valence-corrected chi connectivity index (χ0v) is 25.7. The summed E-state index contributed by atoms with van der Waals surface area (Å²) in [5, 5.41) is 3.28. The molecule has 10 heteroatoms. The molecule has 0 aromatic heterocycles. The summed E-state index contributed by atoms with van der Waals surface area (Å²) in [6.07, 6.45) is 0.343. The Morgan fingerprint density at radius 3 is 2.27 bits per heavy atom. The first kappa shape index (κ1) is 32.0. The molecule has 8 nitrogen and oxygen atoms in total. The molecule has 1 unspecified atom stereocenters. The van der Waals surface area contributed by atoms with Crippen molar-refractivity contribution in [3.63, 3.8) is 0 Å². The van der Waals surface area contributed by atoms with Gasteiger partial charge in [-0.25, -0.2) is 8.42 Å². The minimum Gasteiger partial charge on any atom is -0.492 e. The number of hydrogen-bond donors (Lipinski definition) is 1. The number of ether oxygens (including phenoxy) is 1. The summed E-state index contributed by atoms with van der Waals surface area (Å²) in [7, 11) is -4.24. The summed E-state index contributed by atoms with van der Waals surface area (Å²) in [6, 6.07) is 19.1. The van der Waals surface area contributed by atoms with Gasteiger partial charge in [0.05, 0.1) is 17.2 Å². The molecule has 41 heavy (non-hydrogen) atoms. The van der Waals surface area contributed by atoms with E-state index in [4.69, 9.17) is 16.3 Å². The smallest absolute Gasteiger partial charge is 0.264 e. The molecule has 220 valence electrons. The summed E-state index contributed by atoms with van der Waals surface area (Å²) in [5.41, 5.74) is 2.05. The highest BCUT2D eigenvalue weighted by molar-refractivity contribution is 7.92. The molecule has 0 fully saturated rings. The number of carbonyl (C=O) groups is 2. The largest absolute Gasteiger partial charge is 0.492 e. The van der Waals surface area contributed by atoms with E-state index in [0.717, 1.165) is 15.4 Å². The zero-order chi connectivity index (χ0) is 30.2. The van der Waals surface area contributed by atoms with Crippen LogP contribution in [0.15, 0.2) is 77.7 Å². The first-order chi connectivity index (χ1) is 19.5. The van der Waals surface area contributed by atoms with Crippen molar-refractivity contribution in [3.8, 4) is 5.75 Å². The molecule has 0 aliphatic heterocycles. The van der Waals surface area contributed by atoms with Crippen LogP contribution in [-0.2, 0) is 26.2 Å². The standard InChI is InChI=1S/C31H38ClN3O5S/c1-6-27(31(37)33-22(3)4)34(20-24-12-10-11-23(5)19-24)30(36)21-35(28-13-8-9-14-29(28)40-7-2)41(38,39)26-17-15-25(32)16-18-26/h8-19,22,27H,6-7,20-21H2,1-5H3,(H,33,37). The maximum atomic E-state index is 14.2. The Morgan fingerprint density at radius 2 is 1.66 bits per heavy atom. The second-order valence-electron chi connectivity index (χ2n) is 9.96. The van der Waals surface area contributed by atoms with Gasteiger partial charge in [0.1, 0.15) is 18.3 Å². The van der Waals surface area contributed by atoms with Gasteiger partial charge in [-0.1, -0.05) is 60.5 Å². The Balaban J connectivity index is 2.12. The number of anilines is 1. The molecular formula is C31H38ClN3O5S. The molecule has 0 saturated heterocycles. The van der Waals surface area contributed by atoms with E-state index in [2.05, 4.69) is 5.32 Å². The molecule has 0 saturated carbocycles. The lowest BCUT2D eigenvalue weighted by atomic mass is 10.1. The molecule has 0 heterocycles. The van der Waals surface area contributed by atoms with Gasteiger partial charge in [-0.15, -0.1) is 0 Å². The third-order valence-corrected chi connectivity index (χ3v) is 8.39. The Hall–Kier alpha value is -3.56. The summed E-state index contributed by atoms with van der Waals surface area (Å²) < 4.78 is 34.9. The van der Waals surface area contributed by atoms with Crippen LogP contribution in [0.3, 0.4) is 0 Å². The SMILES string of the molecule is CCOc1ccccc1N(CC(=O)N(Cc1cccc(C)c1)C(CC)C(=O)NC(C)C)S(=O)(=O)c1ccc(Cl)cc1. The fraction of sp³-hybridized carbons (Fsp3) is 0.355. The van der Waals surface area contributed by atoms with Crippen molar-refractivity contribution in [2.45, 2.75) is 64.6 Å². The molecule has 3 aromatic carbocycles. The Morgan fingerprint density at radius 1 is 0.976 bits per heavy atom. The number of benzene rings is 3. The highest BCUT2D eigenvalue weighted by Crippen LogP contribution is 2.33. The van der Waals surface area contributed by atoms with E-state index in [1.165, 1.54) is 29.2 Å². The highest BCUT2D eigenvalue weighted by atomic mass is 35.5. The van der Waals surface area contributed by atoms with Crippen molar-refractivity contribution in [1.82, 2.24) is 10.2 Å². The minimum absolute atomic E-state index is 0.0316. The number of rotatable bonds is 13. The fourth-order valence-electron chi connectivity index (χ4n) is 4.50. The molecule has 3 aromatic rings. The third-order valence-electron chi connectivity index (χ3n) is 6.37. The molecule has 0 radical (unpaired) electrons. The average Bonchev–Trinajstić information content (AvgIpc) is 2.92. The molecule has 1 N–H and O–H groups in total. The Bertz CT molecular complexity index is 1440. The Kier molecular flexibility index (Phi) is 11.2. The van der Waals surface area contributed by atoms with Crippen LogP contribution in [0.5, 0.6) is 5.75 Å². The predicted octanol–water partition coefficient (Wildman–Crippen LogP) is 5.57.